The van der Waals surface area contributed by atoms with Crippen LogP contribution < -0.4 is 5.32 Å². The van der Waals surface area contributed by atoms with Gasteiger partial charge in [-0.1, -0.05) is 44.0 Å². The van der Waals surface area contributed by atoms with Crippen molar-refractivity contribution in [2.24, 2.45) is 0 Å². The van der Waals surface area contributed by atoms with Crippen molar-refractivity contribution in [3.05, 3.63) is 58.1 Å². The topological polar surface area (TPSA) is 49.3 Å². The van der Waals surface area contributed by atoms with Crippen LogP contribution in [0.4, 0.5) is 5.69 Å². The molecule has 0 aromatic heterocycles. The summed E-state index contributed by atoms with van der Waals surface area (Å²) < 4.78 is 0.740. The molecule has 0 aliphatic carbocycles. The number of aromatic hydroxyl groups is 1. The zero-order valence-corrected chi connectivity index (χ0v) is 13.0. The van der Waals surface area contributed by atoms with Gasteiger partial charge in [0.25, 0.3) is 5.91 Å². The number of phenolic OH excluding ortho intramolecular Hbond substituents is 1. The van der Waals surface area contributed by atoms with E-state index >= 15 is 0 Å². The van der Waals surface area contributed by atoms with Crippen LogP contribution in [-0.4, -0.2) is 11.0 Å². The van der Waals surface area contributed by atoms with E-state index in [9.17, 15) is 9.90 Å². The van der Waals surface area contributed by atoms with Gasteiger partial charge in [-0.2, -0.15) is 0 Å². The number of hydrogen-bond acceptors (Lipinski definition) is 2. The predicted octanol–water partition coefficient (Wildman–Crippen LogP) is 4.30. The summed E-state index contributed by atoms with van der Waals surface area (Å²) in [6.45, 7) is 0. The minimum Gasteiger partial charge on any atom is -0.507 e. The summed E-state index contributed by atoms with van der Waals surface area (Å²) in [5.74, 6) is -0.386. The van der Waals surface area contributed by atoms with E-state index < -0.39 is 0 Å². The molecular formula is C14H11Br2NO2. The van der Waals surface area contributed by atoms with Gasteiger partial charge in [0.15, 0.2) is 0 Å². The first-order chi connectivity index (χ1) is 9.10. The lowest BCUT2D eigenvalue weighted by atomic mass is 10.1. The van der Waals surface area contributed by atoms with Crippen LogP contribution in [0.2, 0.25) is 0 Å². The number of alkyl halides is 1. The lowest BCUT2D eigenvalue weighted by Crippen LogP contribution is -2.12. The van der Waals surface area contributed by atoms with E-state index in [0.717, 1.165) is 15.4 Å². The van der Waals surface area contributed by atoms with Gasteiger partial charge in [-0.25, -0.2) is 0 Å². The molecule has 5 heteroatoms. The molecule has 1 amide bonds. The van der Waals surface area contributed by atoms with E-state index in [0.29, 0.717) is 5.69 Å². The molecule has 0 saturated carbocycles. The molecule has 98 valence electrons. The van der Waals surface area contributed by atoms with E-state index in [1.807, 2.05) is 18.2 Å². The second-order valence-electron chi connectivity index (χ2n) is 3.95. The van der Waals surface area contributed by atoms with Crippen molar-refractivity contribution in [1.82, 2.24) is 0 Å². The summed E-state index contributed by atoms with van der Waals surface area (Å²) in [4.78, 5) is 12.1. The predicted molar refractivity (Wildman–Crippen MR) is 82.8 cm³/mol. The summed E-state index contributed by atoms with van der Waals surface area (Å²) in [6.07, 6.45) is 0. The molecule has 2 rings (SSSR count). The van der Waals surface area contributed by atoms with Crippen molar-refractivity contribution in [2.45, 2.75) is 5.33 Å². The maximum absolute atomic E-state index is 12.1. The molecule has 3 nitrogen and oxygen atoms in total. The maximum Gasteiger partial charge on any atom is 0.259 e. The van der Waals surface area contributed by atoms with Crippen LogP contribution in [0.3, 0.4) is 0 Å². The third-order valence-electron chi connectivity index (χ3n) is 2.54. The molecule has 0 aliphatic heterocycles. The number of nitrogens with one attached hydrogen (secondary N) is 1. The van der Waals surface area contributed by atoms with Crippen LogP contribution in [0.1, 0.15) is 15.9 Å². The Morgan fingerprint density at radius 3 is 2.74 bits per heavy atom. The first kappa shape index (κ1) is 14.1. The Hall–Kier alpha value is -1.33. The van der Waals surface area contributed by atoms with Gasteiger partial charge in [-0.05, 0) is 35.9 Å². The number of halogens is 2. The van der Waals surface area contributed by atoms with E-state index in [-0.39, 0.29) is 17.2 Å². The molecule has 0 spiro atoms. The summed E-state index contributed by atoms with van der Waals surface area (Å²) in [5, 5.41) is 13.2. The summed E-state index contributed by atoms with van der Waals surface area (Å²) in [7, 11) is 0. The Labute approximate surface area is 127 Å². The number of carbonyl (C=O) groups excluding carboxylic acids is 1. The number of rotatable bonds is 3. The van der Waals surface area contributed by atoms with Gasteiger partial charge in [0.1, 0.15) is 5.75 Å². The van der Waals surface area contributed by atoms with E-state index in [4.69, 9.17) is 0 Å². The molecule has 0 atom stereocenters. The Morgan fingerprint density at radius 1 is 1.21 bits per heavy atom. The molecule has 0 saturated heterocycles. The fourth-order valence-electron chi connectivity index (χ4n) is 1.62. The van der Waals surface area contributed by atoms with E-state index in [1.54, 1.807) is 18.2 Å². The van der Waals surface area contributed by atoms with Crippen molar-refractivity contribution in [3.8, 4) is 5.75 Å². The normalized spacial score (nSPS) is 10.2. The highest BCUT2D eigenvalue weighted by molar-refractivity contribution is 9.10. The summed E-state index contributed by atoms with van der Waals surface area (Å²) in [6, 6.07) is 12.2. The second kappa shape index (κ2) is 6.21. The van der Waals surface area contributed by atoms with Gasteiger partial charge < -0.3 is 10.4 Å². The van der Waals surface area contributed by atoms with Gasteiger partial charge in [-0.3, -0.25) is 4.79 Å². The fraction of sp³-hybridized carbons (Fsp3) is 0.0714. The first-order valence-corrected chi connectivity index (χ1v) is 7.46. The Morgan fingerprint density at radius 2 is 2.00 bits per heavy atom. The highest BCUT2D eigenvalue weighted by Crippen LogP contribution is 2.23. The molecule has 0 bridgehead atoms. The SMILES string of the molecule is O=C(Nc1cccc(CBr)c1)c1cc(Br)ccc1O. The smallest absolute Gasteiger partial charge is 0.259 e. The molecule has 0 radical (unpaired) electrons. The molecule has 0 aliphatic rings. The first-order valence-electron chi connectivity index (χ1n) is 5.55. The number of phenols is 1. The average molecular weight is 385 g/mol. The third-order valence-corrected chi connectivity index (χ3v) is 3.68. The average Bonchev–Trinajstić information content (AvgIpc) is 2.41. The fourth-order valence-corrected chi connectivity index (χ4v) is 2.33. The number of benzene rings is 2. The standard InChI is InChI=1S/C14H11Br2NO2/c15-8-9-2-1-3-11(6-9)17-14(19)12-7-10(16)4-5-13(12)18/h1-7,18H,8H2,(H,17,19). The Balaban J connectivity index is 2.23. The van der Waals surface area contributed by atoms with Gasteiger partial charge in [0, 0.05) is 15.5 Å². The maximum atomic E-state index is 12.1. The van der Waals surface area contributed by atoms with Crippen molar-refractivity contribution in [2.75, 3.05) is 5.32 Å². The van der Waals surface area contributed by atoms with Crippen LogP contribution in [-0.2, 0) is 5.33 Å². The van der Waals surface area contributed by atoms with E-state index in [1.165, 1.54) is 6.07 Å². The van der Waals surface area contributed by atoms with Crippen LogP contribution in [0.15, 0.2) is 46.9 Å². The van der Waals surface area contributed by atoms with Gasteiger partial charge >= 0.3 is 0 Å². The van der Waals surface area contributed by atoms with Crippen LogP contribution in [0, 0.1) is 0 Å². The molecule has 0 unspecified atom stereocenters. The highest BCUT2D eigenvalue weighted by Gasteiger charge is 2.11. The second-order valence-corrected chi connectivity index (χ2v) is 5.43. The highest BCUT2D eigenvalue weighted by atomic mass is 79.9. The minimum absolute atomic E-state index is 0.0441. The van der Waals surface area contributed by atoms with Crippen LogP contribution >= 0.6 is 31.9 Å². The summed E-state index contributed by atoms with van der Waals surface area (Å²) in [5.41, 5.74) is 2.00. The number of carbonyl (C=O) groups is 1. The molecule has 19 heavy (non-hydrogen) atoms. The van der Waals surface area contributed by atoms with Crippen molar-refractivity contribution in [3.63, 3.8) is 0 Å². The van der Waals surface area contributed by atoms with E-state index in [2.05, 4.69) is 37.2 Å². The zero-order valence-electron chi connectivity index (χ0n) is 9.86. The van der Waals surface area contributed by atoms with Crippen LogP contribution in [0.25, 0.3) is 0 Å². The molecule has 2 aromatic rings. The lowest BCUT2D eigenvalue weighted by molar-refractivity contribution is 0.102. The minimum atomic E-state index is -0.342. The van der Waals surface area contributed by atoms with Gasteiger partial charge in [0.05, 0.1) is 5.56 Å². The van der Waals surface area contributed by atoms with Gasteiger partial charge in [-0.15, -0.1) is 0 Å². The zero-order chi connectivity index (χ0) is 13.8. The largest absolute Gasteiger partial charge is 0.507 e. The van der Waals surface area contributed by atoms with Crippen molar-refractivity contribution in [1.29, 1.82) is 0 Å². The quantitative estimate of drug-likeness (QED) is 0.775. The Kier molecular flexibility index (Phi) is 4.61. The van der Waals surface area contributed by atoms with Crippen molar-refractivity contribution < 1.29 is 9.90 Å². The number of amides is 1. The summed E-state index contributed by atoms with van der Waals surface area (Å²) >= 11 is 6.64. The monoisotopic (exact) mass is 383 g/mol. The Bertz CT molecular complexity index is 614. The number of anilines is 1. The van der Waals surface area contributed by atoms with Gasteiger partial charge in [0.2, 0.25) is 0 Å². The molecular weight excluding hydrogens is 374 g/mol. The third kappa shape index (κ3) is 3.58. The van der Waals surface area contributed by atoms with Crippen molar-refractivity contribution >= 4 is 43.5 Å². The van der Waals surface area contributed by atoms with Crippen LogP contribution in [0.5, 0.6) is 5.75 Å². The molecule has 2 N–H and O–H groups in total. The molecule has 0 heterocycles. The lowest BCUT2D eigenvalue weighted by Gasteiger charge is -2.08. The molecule has 0 fully saturated rings. The molecule has 2 aromatic carbocycles. The number of hydrogen-bond donors (Lipinski definition) is 2.